The van der Waals surface area contributed by atoms with Gasteiger partial charge in [-0.1, -0.05) is 110 Å². The van der Waals surface area contributed by atoms with E-state index in [4.69, 9.17) is 10.5 Å². The smallest absolute Gasteiger partial charge is 0.331 e. The molecule has 2 atom stereocenters. The van der Waals surface area contributed by atoms with Gasteiger partial charge in [0, 0.05) is 12.0 Å². The highest BCUT2D eigenvalue weighted by molar-refractivity contribution is 5.89. The lowest BCUT2D eigenvalue weighted by atomic mass is 9.82. The number of unbranched alkanes of at least 4 members (excludes halogenated alkanes) is 13. The molecular formula is C28H51NO3. The summed E-state index contributed by atoms with van der Waals surface area (Å²) in [6, 6.07) is 0. The number of ether oxygens (including phenoxy) is 1. The summed E-state index contributed by atoms with van der Waals surface area (Å²) in [7, 11) is 0. The molecule has 0 rings (SSSR count). The fourth-order valence-corrected chi connectivity index (χ4v) is 4.32. The fraction of sp³-hybridized carbons (Fsp3) is 0.786. The van der Waals surface area contributed by atoms with E-state index in [0.29, 0.717) is 6.42 Å². The molecule has 32 heavy (non-hydrogen) atoms. The summed E-state index contributed by atoms with van der Waals surface area (Å²) >= 11 is 0. The summed E-state index contributed by atoms with van der Waals surface area (Å²) in [5.74, 6) is -1.25. The Hall–Kier alpha value is -1.58. The molecule has 0 heterocycles. The molecule has 2 N–H and O–H groups in total. The van der Waals surface area contributed by atoms with E-state index in [1.807, 2.05) is 13.8 Å². The molecular weight excluding hydrogens is 398 g/mol. The lowest BCUT2D eigenvalue weighted by molar-refractivity contribution is -0.169. The molecule has 0 saturated carbocycles. The average molecular weight is 450 g/mol. The summed E-state index contributed by atoms with van der Waals surface area (Å²) in [5.41, 5.74) is 4.37. The normalized spacial score (nSPS) is 14.2. The predicted octanol–water partition coefficient (Wildman–Crippen LogP) is 7.80. The van der Waals surface area contributed by atoms with Gasteiger partial charge in [0.1, 0.15) is 0 Å². The van der Waals surface area contributed by atoms with Gasteiger partial charge in [0.2, 0.25) is 0 Å². The predicted molar refractivity (Wildman–Crippen MR) is 136 cm³/mol. The van der Waals surface area contributed by atoms with Gasteiger partial charge in [0.25, 0.3) is 5.91 Å². The number of nitrogens with two attached hydrogens (primary N) is 1. The number of hydrogen-bond acceptors (Lipinski definition) is 3. The Labute approximate surface area is 198 Å². The first kappa shape index (κ1) is 30.4. The highest BCUT2D eigenvalue weighted by Gasteiger charge is 2.43. The SMILES string of the molecule is C=CC(=O)OC(CC)(C(N)=O)C(C)CCCCCCCCC/C=C\CCCCCCCC. The lowest BCUT2D eigenvalue weighted by Gasteiger charge is -2.34. The first-order valence-corrected chi connectivity index (χ1v) is 13.2. The van der Waals surface area contributed by atoms with Gasteiger partial charge >= 0.3 is 5.97 Å². The van der Waals surface area contributed by atoms with E-state index in [0.717, 1.165) is 25.3 Å². The zero-order valence-corrected chi connectivity index (χ0v) is 21.3. The van der Waals surface area contributed by atoms with Crippen molar-refractivity contribution in [3.05, 3.63) is 24.8 Å². The zero-order valence-electron chi connectivity index (χ0n) is 21.3. The second-order valence-corrected chi connectivity index (χ2v) is 9.21. The van der Waals surface area contributed by atoms with Crippen molar-refractivity contribution in [1.29, 1.82) is 0 Å². The van der Waals surface area contributed by atoms with Crippen LogP contribution in [0.1, 0.15) is 130 Å². The maximum Gasteiger partial charge on any atom is 0.331 e. The van der Waals surface area contributed by atoms with Gasteiger partial charge in [-0.15, -0.1) is 0 Å². The van der Waals surface area contributed by atoms with Gasteiger partial charge in [-0.05, 0) is 38.5 Å². The highest BCUT2D eigenvalue weighted by Crippen LogP contribution is 2.30. The lowest BCUT2D eigenvalue weighted by Crippen LogP contribution is -2.52. The Morgan fingerprint density at radius 3 is 1.75 bits per heavy atom. The van der Waals surface area contributed by atoms with Crippen molar-refractivity contribution in [1.82, 2.24) is 0 Å². The molecule has 0 saturated heterocycles. The second kappa shape index (κ2) is 20.1. The number of allylic oxidation sites excluding steroid dienone is 2. The maximum atomic E-state index is 12.0. The van der Waals surface area contributed by atoms with Crippen LogP contribution in [0.25, 0.3) is 0 Å². The first-order chi connectivity index (χ1) is 15.4. The van der Waals surface area contributed by atoms with Gasteiger partial charge < -0.3 is 10.5 Å². The maximum absolute atomic E-state index is 12.0. The number of amides is 1. The molecule has 0 aromatic rings. The van der Waals surface area contributed by atoms with Crippen LogP contribution in [0.5, 0.6) is 0 Å². The van der Waals surface area contributed by atoms with Crippen molar-refractivity contribution in [2.75, 3.05) is 0 Å². The van der Waals surface area contributed by atoms with Gasteiger partial charge in [-0.25, -0.2) is 4.79 Å². The first-order valence-electron chi connectivity index (χ1n) is 13.2. The molecule has 2 unspecified atom stereocenters. The molecule has 0 aliphatic rings. The highest BCUT2D eigenvalue weighted by atomic mass is 16.6. The zero-order chi connectivity index (χ0) is 24.1. The molecule has 4 heteroatoms. The van der Waals surface area contributed by atoms with Gasteiger partial charge in [0.15, 0.2) is 5.60 Å². The molecule has 0 spiro atoms. The Balaban J connectivity index is 3.77. The molecule has 1 amide bonds. The van der Waals surface area contributed by atoms with Crippen LogP contribution in [-0.2, 0) is 14.3 Å². The van der Waals surface area contributed by atoms with Crippen LogP contribution in [0, 0.1) is 5.92 Å². The molecule has 0 aromatic carbocycles. The van der Waals surface area contributed by atoms with Gasteiger partial charge in [0.05, 0.1) is 0 Å². The van der Waals surface area contributed by atoms with E-state index >= 15 is 0 Å². The molecule has 0 fully saturated rings. The van der Waals surface area contributed by atoms with Crippen LogP contribution in [0.2, 0.25) is 0 Å². The fourth-order valence-electron chi connectivity index (χ4n) is 4.32. The average Bonchev–Trinajstić information content (AvgIpc) is 2.78. The molecule has 4 nitrogen and oxygen atoms in total. The molecule has 0 aliphatic carbocycles. The molecule has 0 bridgehead atoms. The van der Waals surface area contributed by atoms with Crippen LogP contribution >= 0.6 is 0 Å². The summed E-state index contributed by atoms with van der Waals surface area (Å²) in [5, 5.41) is 0. The van der Waals surface area contributed by atoms with E-state index in [-0.39, 0.29) is 5.92 Å². The summed E-state index contributed by atoms with van der Waals surface area (Å²) in [6.45, 7) is 9.47. The standard InChI is InChI=1S/C28H51NO3/c1-5-8-9-10-11-12-13-14-15-16-17-18-19-20-21-22-23-24-25(4)28(7-3,27(29)31)32-26(30)6-2/h6,14-15,25H,2,5,7-13,16-24H2,1,3-4H3,(H2,29,31)/b15-14-. The van der Waals surface area contributed by atoms with Crippen molar-refractivity contribution in [2.45, 2.75) is 136 Å². The summed E-state index contributed by atoms with van der Waals surface area (Å²) < 4.78 is 5.41. The molecule has 0 aliphatic heterocycles. The van der Waals surface area contributed by atoms with E-state index in [9.17, 15) is 9.59 Å². The quantitative estimate of drug-likeness (QED) is 0.0793. The third-order valence-electron chi connectivity index (χ3n) is 6.59. The van der Waals surface area contributed by atoms with Crippen LogP contribution < -0.4 is 5.73 Å². The third-order valence-corrected chi connectivity index (χ3v) is 6.59. The van der Waals surface area contributed by atoms with Crippen molar-refractivity contribution in [3.8, 4) is 0 Å². The van der Waals surface area contributed by atoms with Crippen molar-refractivity contribution >= 4 is 11.9 Å². The van der Waals surface area contributed by atoms with Crippen LogP contribution in [-0.4, -0.2) is 17.5 Å². The number of primary amides is 1. The van der Waals surface area contributed by atoms with Crippen molar-refractivity contribution in [2.24, 2.45) is 11.7 Å². The second-order valence-electron chi connectivity index (χ2n) is 9.21. The van der Waals surface area contributed by atoms with Crippen molar-refractivity contribution < 1.29 is 14.3 Å². The minimum absolute atomic E-state index is 0.1000. The number of hydrogen-bond donors (Lipinski definition) is 1. The van der Waals surface area contributed by atoms with E-state index in [1.165, 1.54) is 83.5 Å². The third kappa shape index (κ3) is 13.8. The number of rotatable bonds is 22. The Kier molecular flexibility index (Phi) is 19.1. The number of esters is 1. The molecule has 186 valence electrons. The van der Waals surface area contributed by atoms with E-state index in [1.54, 1.807) is 0 Å². The Morgan fingerprint density at radius 2 is 1.31 bits per heavy atom. The summed E-state index contributed by atoms with van der Waals surface area (Å²) in [4.78, 5) is 23.7. The monoisotopic (exact) mass is 449 g/mol. The Bertz CT molecular complexity index is 529. The van der Waals surface area contributed by atoms with E-state index in [2.05, 4.69) is 25.7 Å². The minimum atomic E-state index is -1.23. The number of carbonyl (C=O) groups is 2. The van der Waals surface area contributed by atoms with Gasteiger partial charge in [-0.3, -0.25) is 4.79 Å². The molecule has 0 aromatic heterocycles. The van der Waals surface area contributed by atoms with Crippen LogP contribution in [0.15, 0.2) is 24.8 Å². The topological polar surface area (TPSA) is 69.4 Å². The van der Waals surface area contributed by atoms with E-state index < -0.39 is 17.5 Å². The van der Waals surface area contributed by atoms with Crippen LogP contribution in [0.3, 0.4) is 0 Å². The van der Waals surface area contributed by atoms with Crippen LogP contribution in [0.4, 0.5) is 0 Å². The minimum Gasteiger partial charge on any atom is -0.446 e. The Morgan fingerprint density at radius 1 is 0.844 bits per heavy atom. The number of carbonyl (C=O) groups excluding carboxylic acids is 2. The molecule has 0 radical (unpaired) electrons. The van der Waals surface area contributed by atoms with Crippen molar-refractivity contribution in [3.63, 3.8) is 0 Å². The summed E-state index contributed by atoms with van der Waals surface area (Å²) in [6.07, 6.45) is 26.2. The largest absolute Gasteiger partial charge is 0.446 e. The van der Waals surface area contributed by atoms with Gasteiger partial charge in [-0.2, -0.15) is 0 Å².